The molecule has 1 aromatic carbocycles. The van der Waals surface area contributed by atoms with E-state index in [9.17, 15) is 17.6 Å². The molecule has 0 spiro atoms. The minimum absolute atomic E-state index is 0.112. The van der Waals surface area contributed by atoms with Crippen LogP contribution >= 0.6 is 0 Å². The molecule has 0 saturated carbocycles. The lowest BCUT2D eigenvalue weighted by Crippen LogP contribution is -2.49. The topological polar surface area (TPSA) is 79.0 Å². The Morgan fingerprint density at radius 1 is 1.24 bits per heavy atom. The van der Waals surface area contributed by atoms with Gasteiger partial charge in [0.1, 0.15) is 5.82 Å². The number of esters is 1. The van der Waals surface area contributed by atoms with Crippen LogP contribution in [0.3, 0.4) is 0 Å². The molecule has 1 unspecified atom stereocenters. The number of methoxy groups -OCH3 is 1. The average Bonchev–Trinajstić information content (AvgIpc) is 3.12. The molecule has 2 fully saturated rings. The first-order valence-electron chi connectivity index (χ1n) is 8.25. The van der Waals surface area contributed by atoms with E-state index in [-0.39, 0.29) is 16.5 Å². The van der Waals surface area contributed by atoms with Crippen LogP contribution in [0.5, 0.6) is 0 Å². The fraction of sp³-hybridized carbons (Fsp3) is 0.562. The summed E-state index contributed by atoms with van der Waals surface area (Å²) in [5.74, 6) is -1.55. The molecule has 3 rings (SSSR count). The molecular formula is C16H22FN3O4S. The number of ether oxygens (including phenoxy) is 1. The van der Waals surface area contributed by atoms with E-state index in [0.29, 0.717) is 13.1 Å². The zero-order chi connectivity index (χ0) is 18.0. The lowest BCUT2D eigenvalue weighted by molar-refractivity contribution is 0.0600. The number of halogens is 1. The maximum Gasteiger partial charge on any atom is 0.337 e. The van der Waals surface area contributed by atoms with E-state index in [2.05, 4.69) is 15.0 Å². The zero-order valence-electron chi connectivity index (χ0n) is 14.1. The Labute approximate surface area is 146 Å². The molecule has 2 saturated heterocycles. The van der Waals surface area contributed by atoms with Crippen molar-refractivity contribution in [2.24, 2.45) is 0 Å². The van der Waals surface area contributed by atoms with Gasteiger partial charge >= 0.3 is 5.97 Å². The lowest BCUT2D eigenvalue weighted by atomic mass is 10.2. The Kier molecular flexibility index (Phi) is 5.38. The summed E-state index contributed by atoms with van der Waals surface area (Å²) in [6, 6.07) is 3.26. The highest BCUT2D eigenvalue weighted by atomic mass is 32.2. The molecule has 9 heteroatoms. The Balaban J connectivity index is 1.80. The summed E-state index contributed by atoms with van der Waals surface area (Å²) in [5.41, 5.74) is -0.112. The van der Waals surface area contributed by atoms with Crippen LogP contribution in [0.15, 0.2) is 23.1 Å². The summed E-state index contributed by atoms with van der Waals surface area (Å²) in [6.07, 6.45) is 0.748. The molecule has 0 bridgehead atoms. The van der Waals surface area contributed by atoms with E-state index >= 15 is 0 Å². The van der Waals surface area contributed by atoms with Gasteiger partial charge in [-0.15, -0.1) is 0 Å². The van der Waals surface area contributed by atoms with Crippen molar-refractivity contribution in [1.29, 1.82) is 0 Å². The molecule has 1 atom stereocenters. The van der Waals surface area contributed by atoms with Crippen molar-refractivity contribution in [3.05, 3.63) is 29.6 Å². The number of carbonyl (C=O) groups is 1. The summed E-state index contributed by atoms with van der Waals surface area (Å²) < 4.78 is 45.4. The van der Waals surface area contributed by atoms with Crippen LogP contribution in [-0.2, 0) is 14.8 Å². The van der Waals surface area contributed by atoms with Crippen LogP contribution in [0.2, 0.25) is 0 Å². The van der Waals surface area contributed by atoms with Gasteiger partial charge in [-0.25, -0.2) is 17.6 Å². The van der Waals surface area contributed by atoms with Gasteiger partial charge in [-0.3, -0.25) is 4.90 Å². The molecule has 1 N–H and O–H groups in total. The van der Waals surface area contributed by atoms with Gasteiger partial charge in [-0.1, -0.05) is 0 Å². The molecule has 0 aliphatic carbocycles. The number of nitrogens with one attached hydrogen (secondary N) is 1. The van der Waals surface area contributed by atoms with Crippen molar-refractivity contribution in [2.45, 2.75) is 17.4 Å². The standard InChI is InChI=1S/C16H22FN3O4S/c1-24-16(21)12-8-13(17)10-15(9-12)25(22,23)20-5-2-14(11-20)19-6-3-18-4-7-19/h8-10,14,18H,2-7,11H2,1H3. The predicted molar refractivity (Wildman–Crippen MR) is 89.3 cm³/mol. The first kappa shape index (κ1) is 18.2. The molecule has 138 valence electrons. The first-order chi connectivity index (χ1) is 11.9. The van der Waals surface area contributed by atoms with Crippen molar-refractivity contribution in [1.82, 2.24) is 14.5 Å². The number of rotatable bonds is 4. The monoisotopic (exact) mass is 371 g/mol. The maximum absolute atomic E-state index is 13.8. The highest BCUT2D eigenvalue weighted by Gasteiger charge is 2.36. The second-order valence-corrected chi connectivity index (χ2v) is 8.20. The summed E-state index contributed by atoms with van der Waals surface area (Å²) >= 11 is 0. The first-order valence-corrected chi connectivity index (χ1v) is 9.69. The summed E-state index contributed by atoms with van der Waals surface area (Å²) in [4.78, 5) is 13.7. The van der Waals surface area contributed by atoms with Crippen molar-refractivity contribution in [2.75, 3.05) is 46.4 Å². The van der Waals surface area contributed by atoms with E-state index in [1.165, 1.54) is 17.5 Å². The number of carbonyl (C=O) groups excluding carboxylic acids is 1. The van der Waals surface area contributed by atoms with Crippen LogP contribution in [-0.4, -0.2) is 76.0 Å². The van der Waals surface area contributed by atoms with E-state index in [0.717, 1.165) is 44.7 Å². The fourth-order valence-corrected chi connectivity index (χ4v) is 4.92. The van der Waals surface area contributed by atoms with Crippen LogP contribution in [0, 0.1) is 5.82 Å². The molecule has 2 aliphatic rings. The van der Waals surface area contributed by atoms with Gasteiger partial charge < -0.3 is 10.1 Å². The number of sulfonamides is 1. The van der Waals surface area contributed by atoms with E-state index in [1.54, 1.807) is 0 Å². The molecule has 0 radical (unpaired) electrons. The quantitative estimate of drug-likeness (QED) is 0.766. The van der Waals surface area contributed by atoms with Gasteiger partial charge in [-0.2, -0.15) is 4.31 Å². The predicted octanol–water partition coefficient (Wildman–Crippen LogP) is 0.281. The van der Waals surface area contributed by atoms with Crippen molar-refractivity contribution >= 4 is 16.0 Å². The maximum atomic E-state index is 13.8. The highest BCUT2D eigenvalue weighted by molar-refractivity contribution is 7.89. The summed E-state index contributed by atoms with van der Waals surface area (Å²) in [7, 11) is -2.69. The van der Waals surface area contributed by atoms with E-state index < -0.39 is 21.8 Å². The number of benzene rings is 1. The van der Waals surface area contributed by atoms with Gasteiger partial charge in [0.05, 0.1) is 17.6 Å². The molecule has 2 heterocycles. The normalized spacial score (nSPS) is 22.9. The Bertz CT molecular complexity index is 750. The molecule has 1 aromatic rings. The highest BCUT2D eigenvalue weighted by Crippen LogP contribution is 2.25. The SMILES string of the molecule is COC(=O)c1cc(F)cc(S(=O)(=O)N2CCC(N3CCNCC3)C2)c1. The second kappa shape index (κ2) is 7.36. The van der Waals surface area contributed by atoms with E-state index in [4.69, 9.17) is 0 Å². The molecule has 0 amide bonds. The Morgan fingerprint density at radius 3 is 2.64 bits per heavy atom. The molecule has 2 aliphatic heterocycles. The third-order valence-electron chi connectivity index (χ3n) is 4.72. The number of hydrogen-bond donors (Lipinski definition) is 1. The average molecular weight is 371 g/mol. The van der Waals surface area contributed by atoms with Crippen molar-refractivity contribution in [3.63, 3.8) is 0 Å². The number of piperazine rings is 1. The van der Waals surface area contributed by atoms with Gasteiger partial charge in [0, 0.05) is 45.3 Å². The molecule has 0 aromatic heterocycles. The zero-order valence-corrected chi connectivity index (χ0v) is 14.9. The largest absolute Gasteiger partial charge is 0.465 e. The van der Waals surface area contributed by atoms with Crippen molar-refractivity contribution < 1.29 is 22.3 Å². The molecular weight excluding hydrogens is 349 g/mol. The van der Waals surface area contributed by atoms with Gasteiger partial charge in [-0.05, 0) is 24.6 Å². The van der Waals surface area contributed by atoms with Gasteiger partial charge in [0.15, 0.2) is 0 Å². The fourth-order valence-electron chi connectivity index (χ4n) is 3.37. The van der Waals surface area contributed by atoms with Crippen LogP contribution in [0.25, 0.3) is 0 Å². The number of nitrogens with zero attached hydrogens (tertiary/aromatic N) is 2. The third-order valence-corrected chi connectivity index (χ3v) is 6.57. The Hall–Kier alpha value is -1.55. The summed E-state index contributed by atoms with van der Waals surface area (Å²) in [5, 5.41) is 3.28. The lowest BCUT2D eigenvalue weighted by Gasteiger charge is -2.32. The van der Waals surface area contributed by atoms with E-state index in [1.807, 2.05) is 0 Å². The summed E-state index contributed by atoms with van der Waals surface area (Å²) in [6.45, 7) is 4.36. The van der Waals surface area contributed by atoms with Crippen LogP contribution < -0.4 is 5.32 Å². The van der Waals surface area contributed by atoms with Crippen LogP contribution in [0.1, 0.15) is 16.8 Å². The second-order valence-electron chi connectivity index (χ2n) is 6.26. The van der Waals surface area contributed by atoms with Crippen molar-refractivity contribution in [3.8, 4) is 0 Å². The minimum Gasteiger partial charge on any atom is -0.465 e. The number of hydrogen-bond acceptors (Lipinski definition) is 6. The molecule has 25 heavy (non-hydrogen) atoms. The third kappa shape index (κ3) is 3.84. The smallest absolute Gasteiger partial charge is 0.337 e. The molecule has 7 nitrogen and oxygen atoms in total. The van der Waals surface area contributed by atoms with Gasteiger partial charge in [0.25, 0.3) is 0 Å². The Morgan fingerprint density at radius 2 is 1.96 bits per heavy atom. The van der Waals surface area contributed by atoms with Gasteiger partial charge in [0.2, 0.25) is 10.0 Å². The minimum atomic E-state index is -3.85. The van der Waals surface area contributed by atoms with Crippen LogP contribution in [0.4, 0.5) is 4.39 Å².